The second-order valence-electron chi connectivity index (χ2n) is 6.13. The average Bonchev–Trinajstić information content (AvgIpc) is 3.00. The lowest BCUT2D eigenvalue weighted by Crippen LogP contribution is -2.14. The average molecular weight is 366 g/mol. The molecule has 1 aromatic heterocycles. The van der Waals surface area contributed by atoms with Crippen molar-refractivity contribution in [3.05, 3.63) is 59.7 Å². The third-order valence-electron chi connectivity index (χ3n) is 4.16. The number of oxazole rings is 1. The van der Waals surface area contributed by atoms with Crippen LogP contribution in [0.5, 0.6) is 11.5 Å². The van der Waals surface area contributed by atoms with Crippen LogP contribution in [0.2, 0.25) is 0 Å². The molecule has 6 heteroatoms. The topological polar surface area (TPSA) is 73.6 Å². The van der Waals surface area contributed by atoms with Crippen molar-refractivity contribution in [2.45, 2.75) is 20.3 Å². The first-order valence-electron chi connectivity index (χ1n) is 8.55. The fraction of sp³-hybridized carbons (Fsp3) is 0.238. The van der Waals surface area contributed by atoms with Crippen LogP contribution in [0.15, 0.2) is 46.9 Å². The van der Waals surface area contributed by atoms with E-state index in [1.807, 2.05) is 44.2 Å². The van der Waals surface area contributed by atoms with E-state index in [-0.39, 0.29) is 12.3 Å². The zero-order valence-electron chi connectivity index (χ0n) is 15.8. The highest BCUT2D eigenvalue weighted by Crippen LogP contribution is 2.28. The molecule has 27 heavy (non-hydrogen) atoms. The Kier molecular flexibility index (Phi) is 5.45. The van der Waals surface area contributed by atoms with Gasteiger partial charge in [-0.25, -0.2) is 4.98 Å². The summed E-state index contributed by atoms with van der Waals surface area (Å²) in [5, 5.41) is 2.90. The van der Waals surface area contributed by atoms with Crippen LogP contribution in [-0.4, -0.2) is 25.1 Å². The van der Waals surface area contributed by atoms with Gasteiger partial charge in [-0.15, -0.1) is 0 Å². The van der Waals surface area contributed by atoms with E-state index >= 15 is 0 Å². The third kappa shape index (κ3) is 4.28. The number of aromatic nitrogens is 1. The van der Waals surface area contributed by atoms with Crippen LogP contribution in [0, 0.1) is 13.8 Å². The van der Waals surface area contributed by atoms with Gasteiger partial charge < -0.3 is 19.2 Å². The highest BCUT2D eigenvalue weighted by Gasteiger charge is 2.11. The number of anilines is 1. The summed E-state index contributed by atoms with van der Waals surface area (Å²) in [5.41, 5.74) is 3.33. The number of rotatable bonds is 6. The van der Waals surface area contributed by atoms with E-state index in [1.165, 1.54) is 0 Å². The van der Waals surface area contributed by atoms with Crippen molar-refractivity contribution in [2.75, 3.05) is 19.5 Å². The molecule has 0 aliphatic carbocycles. The number of hydrogen-bond donors (Lipinski definition) is 1. The Hall–Kier alpha value is -3.28. The summed E-state index contributed by atoms with van der Waals surface area (Å²) in [4.78, 5) is 16.7. The first-order chi connectivity index (χ1) is 13.0. The number of nitrogens with one attached hydrogen (secondary N) is 1. The van der Waals surface area contributed by atoms with Gasteiger partial charge in [0.1, 0.15) is 11.5 Å². The minimum atomic E-state index is -0.108. The Morgan fingerprint density at radius 3 is 2.33 bits per heavy atom. The van der Waals surface area contributed by atoms with E-state index in [9.17, 15) is 4.79 Å². The van der Waals surface area contributed by atoms with Crippen molar-refractivity contribution in [1.82, 2.24) is 4.98 Å². The minimum absolute atomic E-state index is 0.108. The fourth-order valence-electron chi connectivity index (χ4n) is 2.89. The molecule has 0 saturated carbocycles. The lowest BCUT2D eigenvalue weighted by atomic mass is 10.1. The van der Waals surface area contributed by atoms with Gasteiger partial charge in [-0.05, 0) is 36.8 Å². The lowest BCUT2D eigenvalue weighted by molar-refractivity contribution is -0.115. The van der Waals surface area contributed by atoms with Crippen LogP contribution >= 0.6 is 0 Å². The maximum Gasteiger partial charge on any atom is 0.228 e. The van der Waals surface area contributed by atoms with Gasteiger partial charge in [0.25, 0.3) is 0 Å². The molecule has 0 spiro atoms. The Bertz CT molecular complexity index is 945. The second-order valence-corrected chi connectivity index (χ2v) is 6.13. The van der Waals surface area contributed by atoms with Gasteiger partial charge in [0.2, 0.25) is 5.91 Å². The molecule has 3 aromatic rings. The quantitative estimate of drug-likeness (QED) is 0.709. The van der Waals surface area contributed by atoms with E-state index < -0.39 is 0 Å². The number of aryl methyl sites for hydroxylation is 2. The number of carbonyl (C=O) groups excluding carboxylic acids is 1. The number of nitrogens with zero attached hydrogens (tertiary/aromatic N) is 1. The molecule has 0 aliphatic heterocycles. The summed E-state index contributed by atoms with van der Waals surface area (Å²) < 4.78 is 16.0. The zero-order valence-corrected chi connectivity index (χ0v) is 15.8. The molecule has 1 heterocycles. The molecule has 0 saturated heterocycles. The number of hydrogen-bond acceptors (Lipinski definition) is 5. The maximum atomic E-state index is 12.3. The highest BCUT2D eigenvalue weighted by molar-refractivity contribution is 5.92. The molecular weight excluding hydrogens is 344 g/mol. The molecular formula is C21H22N2O4. The van der Waals surface area contributed by atoms with Crippen LogP contribution in [0.4, 0.5) is 5.69 Å². The van der Waals surface area contributed by atoms with Crippen LogP contribution in [0.1, 0.15) is 17.2 Å². The van der Waals surface area contributed by atoms with E-state index in [0.29, 0.717) is 17.4 Å². The Balaban J connectivity index is 1.67. The zero-order chi connectivity index (χ0) is 19.4. The largest absolute Gasteiger partial charge is 0.493 e. The van der Waals surface area contributed by atoms with Gasteiger partial charge in [-0.2, -0.15) is 0 Å². The molecule has 0 atom stereocenters. The normalized spacial score (nSPS) is 10.5. The first-order valence-corrected chi connectivity index (χ1v) is 8.55. The maximum absolute atomic E-state index is 12.3. The van der Waals surface area contributed by atoms with Crippen molar-refractivity contribution in [3.63, 3.8) is 0 Å². The molecule has 0 bridgehead atoms. The molecule has 0 radical (unpaired) electrons. The van der Waals surface area contributed by atoms with E-state index in [0.717, 1.165) is 28.3 Å². The number of methoxy groups -OCH3 is 2. The SMILES string of the molecule is COc1ccc(CC(=O)Nc2ccc(-c3nc(C)oc3C)cc2)cc1OC. The highest BCUT2D eigenvalue weighted by atomic mass is 16.5. The standard InChI is InChI=1S/C21H22N2O4/c1-13-21(22-14(2)27-13)16-6-8-17(9-7-16)23-20(24)12-15-5-10-18(25-3)19(11-15)26-4/h5-11H,12H2,1-4H3,(H,23,24). The summed E-state index contributed by atoms with van der Waals surface area (Å²) in [5.74, 6) is 2.54. The smallest absolute Gasteiger partial charge is 0.228 e. The summed E-state index contributed by atoms with van der Waals surface area (Å²) in [6, 6.07) is 13.0. The van der Waals surface area contributed by atoms with Gasteiger partial charge >= 0.3 is 0 Å². The van der Waals surface area contributed by atoms with Gasteiger partial charge in [0, 0.05) is 18.2 Å². The number of carbonyl (C=O) groups is 1. The first kappa shape index (κ1) is 18.5. The molecule has 0 aliphatic rings. The Morgan fingerprint density at radius 1 is 1.04 bits per heavy atom. The van der Waals surface area contributed by atoms with Crippen molar-refractivity contribution in [2.24, 2.45) is 0 Å². The predicted molar refractivity (Wildman–Crippen MR) is 103 cm³/mol. The molecule has 2 aromatic carbocycles. The lowest BCUT2D eigenvalue weighted by Gasteiger charge is -2.10. The van der Waals surface area contributed by atoms with Crippen molar-refractivity contribution in [1.29, 1.82) is 0 Å². The van der Waals surface area contributed by atoms with Crippen LogP contribution < -0.4 is 14.8 Å². The minimum Gasteiger partial charge on any atom is -0.493 e. The van der Waals surface area contributed by atoms with Crippen molar-refractivity contribution < 1.29 is 18.7 Å². The van der Waals surface area contributed by atoms with Gasteiger partial charge in [-0.1, -0.05) is 18.2 Å². The van der Waals surface area contributed by atoms with Gasteiger partial charge in [-0.3, -0.25) is 4.79 Å². The van der Waals surface area contributed by atoms with Crippen LogP contribution in [-0.2, 0) is 11.2 Å². The molecule has 140 valence electrons. The summed E-state index contributed by atoms with van der Waals surface area (Å²) in [6.07, 6.45) is 0.240. The molecule has 6 nitrogen and oxygen atoms in total. The number of benzene rings is 2. The Labute approximate surface area is 158 Å². The van der Waals surface area contributed by atoms with Crippen molar-refractivity contribution >= 4 is 11.6 Å². The van der Waals surface area contributed by atoms with Crippen molar-refractivity contribution in [3.8, 4) is 22.8 Å². The summed E-state index contributed by atoms with van der Waals surface area (Å²) in [6.45, 7) is 3.70. The molecule has 0 unspecified atom stereocenters. The Morgan fingerprint density at radius 2 is 1.74 bits per heavy atom. The third-order valence-corrected chi connectivity index (χ3v) is 4.16. The van der Waals surface area contributed by atoms with Crippen LogP contribution in [0.25, 0.3) is 11.3 Å². The second kappa shape index (κ2) is 7.95. The van der Waals surface area contributed by atoms with Crippen LogP contribution in [0.3, 0.4) is 0 Å². The van der Waals surface area contributed by atoms with Gasteiger partial charge in [0.05, 0.1) is 20.6 Å². The van der Waals surface area contributed by atoms with E-state index in [4.69, 9.17) is 13.9 Å². The van der Waals surface area contributed by atoms with E-state index in [1.54, 1.807) is 26.4 Å². The molecule has 3 rings (SSSR count). The molecule has 1 amide bonds. The predicted octanol–water partition coefficient (Wildman–Crippen LogP) is 4.16. The molecule has 0 fully saturated rings. The fourth-order valence-corrected chi connectivity index (χ4v) is 2.89. The van der Waals surface area contributed by atoms with Gasteiger partial charge in [0.15, 0.2) is 17.4 Å². The van der Waals surface area contributed by atoms with E-state index in [2.05, 4.69) is 10.3 Å². The monoisotopic (exact) mass is 366 g/mol. The number of amides is 1. The summed E-state index contributed by atoms with van der Waals surface area (Å²) in [7, 11) is 3.15. The summed E-state index contributed by atoms with van der Waals surface area (Å²) >= 11 is 0. The number of ether oxygens (including phenoxy) is 2. The molecule has 1 N–H and O–H groups in total.